The lowest BCUT2D eigenvalue weighted by Crippen LogP contribution is -2.39. The first kappa shape index (κ1) is 14.4. The monoisotopic (exact) mass is 262 g/mol. The van der Waals surface area contributed by atoms with E-state index in [0.717, 1.165) is 12.3 Å². The number of rotatable bonds is 5. The Balaban J connectivity index is 1.81. The Morgan fingerprint density at radius 1 is 1.26 bits per heavy atom. The van der Waals surface area contributed by atoms with E-state index in [1.54, 1.807) is 12.1 Å². The third-order valence-electron chi connectivity index (χ3n) is 4.22. The summed E-state index contributed by atoms with van der Waals surface area (Å²) < 4.78 is 0. The zero-order valence-electron chi connectivity index (χ0n) is 12.1. The summed E-state index contributed by atoms with van der Waals surface area (Å²) in [5.74, 6) is 1.19. The van der Waals surface area contributed by atoms with Crippen molar-refractivity contribution in [1.82, 2.24) is 10.2 Å². The van der Waals surface area contributed by atoms with E-state index < -0.39 is 0 Å². The van der Waals surface area contributed by atoms with E-state index in [2.05, 4.69) is 24.2 Å². The maximum absolute atomic E-state index is 9.30. The molecule has 2 N–H and O–H groups in total. The van der Waals surface area contributed by atoms with Crippen LogP contribution in [-0.4, -0.2) is 42.7 Å². The smallest absolute Gasteiger partial charge is 0.115 e. The molecule has 0 aromatic heterocycles. The number of phenols is 1. The summed E-state index contributed by atoms with van der Waals surface area (Å²) in [4.78, 5) is 2.48. The summed E-state index contributed by atoms with van der Waals surface area (Å²) in [6.07, 6.45) is 3.65. The molecule has 2 rings (SSSR count). The number of likely N-dealkylation sites (N-methyl/N-ethyl adjacent to an activating group) is 1. The van der Waals surface area contributed by atoms with Crippen LogP contribution in [0.4, 0.5) is 0 Å². The predicted molar refractivity (Wildman–Crippen MR) is 79.5 cm³/mol. The molecule has 0 amide bonds. The molecule has 1 saturated heterocycles. The summed E-state index contributed by atoms with van der Waals surface area (Å²) in [6.45, 7) is 5.82. The molecule has 1 fully saturated rings. The molecule has 1 aliphatic heterocycles. The minimum absolute atomic E-state index is 0.347. The van der Waals surface area contributed by atoms with Crippen molar-refractivity contribution >= 4 is 0 Å². The fourth-order valence-corrected chi connectivity index (χ4v) is 2.78. The van der Waals surface area contributed by atoms with E-state index in [1.807, 2.05) is 12.1 Å². The topological polar surface area (TPSA) is 35.5 Å². The standard InChI is InChI=1S/C16H26N2O/c1-13(11-14-3-5-16(19)6-4-14)18(2)12-15-7-9-17-10-8-15/h3-6,13,15,17,19H,7-12H2,1-2H3. The molecule has 3 nitrogen and oxygen atoms in total. The average molecular weight is 262 g/mol. The highest BCUT2D eigenvalue weighted by molar-refractivity contribution is 5.26. The molecular weight excluding hydrogens is 236 g/mol. The van der Waals surface area contributed by atoms with Gasteiger partial charge in [-0.15, -0.1) is 0 Å². The first-order chi connectivity index (χ1) is 9.15. The van der Waals surface area contributed by atoms with Crippen molar-refractivity contribution in [1.29, 1.82) is 0 Å². The summed E-state index contributed by atoms with van der Waals surface area (Å²) in [5, 5.41) is 12.7. The molecule has 0 saturated carbocycles. The molecule has 3 heteroatoms. The predicted octanol–water partition coefficient (Wildman–Crippen LogP) is 2.25. The number of nitrogens with zero attached hydrogens (tertiary/aromatic N) is 1. The van der Waals surface area contributed by atoms with Gasteiger partial charge in [-0.1, -0.05) is 12.1 Å². The van der Waals surface area contributed by atoms with E-state index in [-0.39, 0.29) is 0 Å². The van der Waals surface area contributed by atoms with Crippen LogP contribution < -0.4 is 5.32 Å². The number of hydrogen-bond donors (Lipinski definition) is 2. The first-order valence-electron chi connectivity index (χ1n) is 7.34. The van der Waals surface area contributed by atoms with Crippen molar-refractivity contribution < 1.29 is 5.11 Å². The maximum atomic E-state index is 9.30. The van der Waals surface area contributed by atoms with Crippen LogP contribution in [0.1, 0.15) is 25.3 Å². The molecule has 1 atom stereocenters. The van der Waals surface area contributed by atoms with Gasteiger partial charge < -0.3 is 15.3 Å². The largest absolute Gasteiger partial charge is 0.508 e. The number of nitrogens with one attached hydrogen (secondary N) is 1. The molecule has 0 spiro atoms. The molecule has 19 heavy (non-hydrogen) atoms. The van der Waals surface area contributed by atoms with Crippen molar-refractivity contribution in [2.24, 2.45) is 5.92 Å². The minimum atomic E-state index is 0.347. The second kappa shape index (κ2) is 6.92. The zero-order valence-corrected chi connectivity index (χ0v) is 12.1. The van der Waals surface area contributed by atoms with Gasteiger partial charge in [0.25, 0.3) is 0 Å². The highest BCUT2D eigenvalue weighted by Gasteiger charge is 2.18. The fourth-order valence-electron chi connectivity index (χ4n) is 2.78. The number of piperidine rings is 1. The van der Waals surface area contributed by atoms with Crippen LogP contribution in [0.15, 0.2) is 24.3 Å². The highest BCUT2D eigenvalue weighted by atomic mass is 16.3. The van der Waals surface area contributed by atoms with Crippen LogP contribution in [0.2, 0.25) is 0 Å². The van der Waals surface area contributed by atoms with Gasteiger partial charge in [0, 0.05) is 12.6 Å². The van der Waals surface area contributed by atoms with E-state index in [4.69, 9.17) is 0 Å². The minimum Gasteiger partial charge on any atom is -0.508 e. The van der Waals surface area contributed by atoms with Gasteiger partial charge in [0.05, 0.1) is 0 Å². The van der Waals surface area contributed by atoms with Crippen molar-refractivity contribution in [3.63, 3.8) is 0 Å². The molecule has 0 radical (unpaired) electrons. The van der Waals surface area contributed by atoms with Crippen molar-refractivity contribution in [2.45, 2.75) is 32.2 Å². The van der Waals surface area contributed by atoms with Crippen LogP contribution in [0.5, 0.6) is 5.75 Å². The van der Waals surface area contributed by atoms with Gasteiger partial charge in [0.15, 0.2) is 0 Å². The lowest BCUT2D eigenvalue weighted by Gasteiger charge is -2.31. The molecule has 1 aromatic rings. The molecule has 0 bridgehead atoms. The normalized spacial score (nSPS) is 18.7. The molecular formula is C16H26N2O. The van der Waals surface area contributed by atoms with Gasteiger partial charge in [-0.25, -0.2) is 0 Å². The molecule has 1 heterocycles. The Hall–Kier alpha value is -1.06. The lowest BCUT2D eigenvalue weighted by molar-refractivity contribution is 0.194. The molecule has 1 aromatic carbocycles. The Morgan fingerprint density at radius 2 is 1.89 bits per heavy atom. The zero-order chi connectivity index (χ0) is 13.7. The van der Waals surface area contributed by atoms with Gasteiger partial charge in [0.1, 0.15) is 5.75 Å². The Morgan fingerprint density at radius 3 is 2.53 bits per heavy atom. The van der Waals surface area contributed by atoms with Gasteiger partial charge in [-0.3, -0.25) is 0 Å². The second-order valence-electron chi connectivity index (χ2n) is 5.85. The summed E-state index contributed by atoms with van der Waals surface area (Å²) in [5.41, 5.74) is 1.29. The number of benzene rings is 1. The third kappa shape index (κ3) is 4.51. The number of aromatic hydroxyl groups is 1. The molecule has 1 unspecified atom stereocenters. The van der Waals surface area contributed by atoms with Crippen molar-refractivity contribution in [3.8, 4) is 5.75 Å². The maximum Gasteiger partial charge on any atom is 0.115 e. The van der Waals surface area contributed by atoms with Crippen LogP contribution in [-0.2, 0) is 6.42 Å². The van der Waals surface area contributed by atoms with E-state index in [9.17, 15) is 5.11 Å². The quantitative estimate of drug-likeness (QED) is 0.854. The summed E-state index contributed by atoms with van der Waals surface area (Å²) >= 11 is 0. The SMILES string of the molecule is CC(Cc1ccc(O)cc1)N(C)CC1CCNCC1. The van der Waals surface area contributed by atoms with Crippen molar-refractivity contribution in [2.75, 3.05) is 26.7 Å². The Labute approximate surface area is 116 Å². The van der Waals surface area contributed by atoms with Gasteiger partial charge >= 0.3 is 0 Å². The van der Waals surface area contributed by atoms with E-state index in [1.165, 1.54) is 38.0 Å². The van der Waals surface area contributed by atoms with Crippen LogP contribution in [0, 0.1) is 5.92 Å². The fraction of sp³-hybridized carbons (Fsp3) is 0.625. The Kier molecular flexibility index (Phi) is 5.23. The first-order valence-corrected chi connectivity index (χ1v) is 7.34. The average Bonchev–Trinajstić information content (AvgIpc) is 2.42. The summed E-state index contributed by atoms with van der Waals surface area (Å²) in [7, 11) is 2.23. The number of phenolic OH excluding ortho intramolecular Hbond substituents is 1. The molecule has 0 aliphatic carbocycles. The summed E-state index contributed by atoms with van der Waals surface area (Å²) in [6, 6.07) is 8.12. The second-order valence-corrected chi connectivity index (χ2v) is 5.85. The number of hydrogen-bond acceptors (Lipinski definition) is 3. The highest BCUT2D eigenvalue weighted by Crippen LogP contribution is 2.17. The third-order valence-corrected chi connectivity index (χ3v) is 4.22. The van der Waals surface area contributed by atoms with Gasteiger partial charge in [-0.2, -0.15) is 0 Å². The van der Waals surface area contributed by atoms with E-state index >= 15 is 0 Å². The lowest BCUT2D eigenvalue weighted by atomic mass is 9.96. The van der Waals surface area contributed by atoms with Gasteiger partial charge in [-0.05, 0) is 69.9 Å². The molecule has 1 aliphatic rings. The molecule has 106 valence electrons. The van der Waals surface area contributed by atoms with Crippen LogP contribution in [0.25, 0.3) is 0 Å². The van der Waals surface area contributed by atoms with Crippen molar-refractivity contribution in [3.05, 3.63) is 29.8 Å². The van der Waals surface area contributed by atoms with E-state index in [0.29, 0.717) is 11.8 Å². The Bertz CT molecular complexity index is 371. The van der Waals surface area contributed by atoms with Gasteiger partial charge in [0.2, 0.25) is 0 Å². The van der Waals surface area contributed by atoms with Crippen LogP contribution in [0.3, 0.4) is 0 Å². The van der Waals surface area contributed by atoms with Crippen LogP contribution >= 0.6 is 0 Å².